The molecule has 2 aliphatic rings. The summed E-state index contributed by atoms with van der Waals surface area (Å²) in [5.74, 6) is 1.21. The van der Waals surface area contributed by atoms with Crippen LogP contribution >= 0.6 is 0 Å². The number of amides is 2. The van der Waals surface area contributed by atoms with E-state index in [-0.39, 0.29) is 37.0 Å². The van der Waals surface area contributed by atoms with Crippen LogP contribution in [0.25, 0.3) is 0 Å². The highest BCUT2D eigenvalue weighted by Crippen LogP contribution is 2.52. The number of piperazine rings is 1. The number of nitrogens with zero attached hydrogens (tertiary/aromatic N) is 2. The number of carbonyl (C=O) groups excluding carboxylic acids is 2. The molecule has 4 atom stereocenters. The van der Waals surface area contributed by atoms with Gasteiger partial charge in [-0.2, -0.15) is 0 Å². The van der Waals surface area contributed by atoms with Gasteiger partial charge in [0.15, 0.2) is 26.0 Å². The smallest absolute Gasteiger partial charge is 0.413 e. The van der Waals surface area contributed by atoms with Crippen molar-refractivity contribution in [3.05, 3.63) is 88.5 Å². The zero-order chi connectivity index (χ0) is 41.0. The van der Waals surface area contributed by atoms with Crippen molar-refractivity contribution in [1.82, 2.24) is 9.80 Å². The fourth-order valence-corrected chi connectivity index (χ4v) is 8.48. The van der Waals surface area contributed by atoms with Crippen molar-refractivity contribution < 1.29 is 42.8 Å². The maximum atomic E-state index is 15.2. The topological polar surface area (TPSA) is 116 Å². The molecule has 0 radical (unpaired) electrons. The Hall–Kier alpha value is -4.10. The van der Waals surface area contributed by atoms with E-state index < -0.39 is 44.4 Å². The lowest BCUT2D eigenvalue weighted by Gasteiger charge is -2.54. The molecule has 12 heteroatoms. The van der Waals surface area contributed by atoms with Gasteiger partial charge in [0.25, 0.3) is 0 Å². The third-order valence-corrected chi connectivity index (χ3v) is 15.7. The first-order chi connectivity index (χ1) is 26.4. The van der Waals surface area contributed by atoms with Crippen LogP contribution in [0.3, 0.4) is 0 Å². The number of aliphatic hydroxyl groups excluding tert-OH is 1. The number of fused-ring (bicyclic) bond motifs is 2. The maximum Gasteiger partial charge on any atom is 0.413 e. The number of methoxy groups -OCH3 is 2. The highest BCUT2D eigenvalue weighted by molar-refractivity contribution is 6.74. The van der Waals surface area contributed by atoms with E-state index in [9.17, 15) is 9.90 Å². The molecule has 1 N–H and O–H groups in total. The molecular weight excluding hydrogens is 729 g/mol. The first-order valence-corrected chi connectivity index (χ1v) is 22.5. The Kier molecular flexibility index (Phi) is 13.5. The molecular formula is C44H62N2O9Si. The van der Waals surface area contributed by atoms with Crippen LogP contribution in [0.5, 0.6) is 17.2 Å². The number of aliphatic hydroxyl groups is 1. The number of carbonyl (C=O) groups is 2. The predicted molar refractivity (Wildman–Crippen MR) is 218 cm³/mol. The van der Waals surface area contributed by atoms with Crippen molar-refractivity contribution in [2.75, 3.05) is 27.4 Å². The summed E-state index contributed by atoms with van der Waals surface area (Å²) in [6.45, 7) is 19.2. The van der Waals surface area contributed by atoms with Crippen molar-refractivity contribution in [2.24, 2.45) is 0 Å². The first kappa shape index (κ1) is 43.0. The lowest BCUT2D eigenvalue weighted by atomic mass is 9.82. The Morgan fingerprint density at radius 3 is 2.00 bits per heavy atom. The molecule has 3 aromatic rings. The fraction of sp³-hybridized carbons (Fsp3) is 0.545. The molecule has 0 aliphatic carbocycles. The lowest BCUT2D eigenvalue weighted by molar-refractivity contribution is -0.177. The summed E-state index contributed by atoms with van der Waals surface area (Å²) in [4.78, 5) is 32.2. The Balaban J connectivity index is 1.62. The zero-order valence-corrected chi connectivity index (χ0v) is 36.1. The van der Waals surface area contributed by atoms with Crippen LogP contribution in [-0.4, -0.2) is 86.6 Å². The molecule has 11 nitrogen and oxygen atoms in total. The van der Waals surface area contributed by atoms with E-state index in [1.54, 1.807) is 39.9 Å². The van der Waals surface area contributed by atoms with E-state index in [0.29, 0.717) is 42.4 Å². The van der Waals surface area contributed by atoms with Crippen molar-refractivity contribution in [1.29, 1.82) is 0 Å². The Morgan fingerprint density at radius 1 is 0.857 bits per heavy atom. The van der Waals surface area contributed by atoms with Gasteiger partial charge in [0.05, 0.1) is 39.5 Å². The van der Waals surface area contributed by atoms with Gasteiger partial charge >= 0.3 is 6.09 Å². The molecule has 1 unspecified atom stereocenters. The van der Waals surface area contributed by atoms with Gasteiger partial charge in [-0.05, 0) is 69.8 Å². The highest BCUT2D eigenvalue weighted by atomic mass is 28.4. The fourth-order valence-electron chi connectivity index (χ4n) is 7.40. The molecule has 2 amide bonds. The predicted octanol–water partition coefficient (Wildman–Crippen LogP) is 8.34. The summed E-state index contributed by atoms with van der Waals surface area (Å²) in [7, 11) is 1.10. The summed E-state index contributed by atoms with van der Waals surface area (Å²) in [5, 5.41) is 12.4. The van der Waals surface area contributed by atoms with Gasteiger partial charge in [0.1, 0.15) is 24.0 Å². The minimum absolute atomic E-state index is 0.00848. The number of hydrogen-bond donors (Lipinski definition) is 1. The second-order valence-corrected chi connectivity index (χ2v) is 22.1. The van der Waals surface area contributed by atoms with E-state index in [1.807, 2.05) is 67.6 Å². The molecule has 1 saturated heterocycles. The Labute approximate surface area is 334 Å². The van der Waals surface area contributed by atoms with Crippen molar-refractivity contribution >= 4 is 20.3 Å². The molecule has 0 aromatic heterocycles. The van der Waals surface area contributed by atoms with Crippen LogP contribution in [0.2, 0.25) is 18.1 Å². The van der Waals surface area contributed by atoms with Gasteiger partial charge < -0.3 is 38.1 Å². The molecule has 3 aromatic carbocycles. The summed E-state index contributed by atoms with van der Waals surface area (Å²) in [5.41, 5.74) is 3.23. The van der Waals surface area contributed by atoms with Crippen LogP contribution in [0.15, 0.2) is 60.7 Å². The molecule has 0 spiro atoms. The van der Waals surface area contributed by atoms with Gasteiger partial charge in [0.2, 0.25) is 5.91 Å². The van der Waals surface area contributed by atoms with Crippen LogP contribution < -0.4 is 14.2 Å². The van der Waals surface area contributed by atoms with Gasteiger partial charge in [-0.25, -0.2) is 4.79 Å². The summed E-state index contributed by atoms with van der Waals surface area (Å²) in [6, 6.07) is 17.0. The van der Waals surface area contributed by atoms with E-state index in [0.717, 1.165) is 22.3 Å². The first-order valence-electron chi connectivity index (χ1n) is 19.6. The van der Waals surface area contributed by atoms with Gasteiger partial charge in [-0.15, -0.1) is 0 Å². The van der Waals surface area contributed by atoms with Crippen LogP contribution in [-0.2, 0) is 38.3 Å². The van der Waals surface area contributed by atoms with Crippen LogP contribution in [0.4, 0.5) is 4.79 Å². The van der Waals surface area contributed by atoms with Crippen molar-refractivity contribution in [3.63, 3.8) is 0 Å². The monoisotopic (exact) mass is 790 g/mol. The molecule has 2 aliphatic heterocycles. The zero-order valence-electron chi connectivity index (χ0n) is 35.1. The highest BCUT2D eigenvalue weighted by Gasteiger charge is 2.55. The van der Waals surface area contributed by atoms with Gasteiger partial charge in [-0.1, -0.05) is 81.4 Å². The summed E-state index contributed by atoms with van der Waals surface area (Å²) < 4.78 is 37.6. The lowest BCUT2D eigenvalue weighted by Crippen LogP contribution is -2.70. The van der Waals surface area contributed by atoms with E-state index in [4.69, 9.17) is 28.1 Å². The largest absolute Gasteiger partial charge is 0.496 e. The van der Waals surface area contributed by atoms with Gasteiger partial charge in [0, 0.05) is 29.7 Å². The average Bonchev–Trinajstić information content (AvgIpc) is 3.13. The molecule has 5 rings (SSSR count). The van der Waals surface area contributed by atoms with Crippen molar-refractivity contribution in [3.8, 4) is 17.2 Å². The second-order valence-electron chi connectivity index (χ2n) is 17.3. The second kappa shape index (κ2) is 17.6. The summed E-state index contributed by atoms with van der Waals surface area (Å²) in [6.07, 6.45) is -1.23. The average molecular weight is 791 g/mol. The van der Waals surface area contributed by atoms with Crippen molar-refractivity contribution in [2.45, 2.75) is 129 Å². The molecule has 306 valence electrons. The molecule has 56 heavy (non-hydrogen) atoms. The summed E-state index contributed by atoms with van der Waals surface area (Å²) >= 11 is 0. The van der Waals surface area contributed by atoms with Gasteiger partial charge in [-0.3, -0.25) is 9.69 Å². The van der Waals surface area contributed by atoms with E-state index in [1.165, 1.54) is 4.90 Å². The maximum absolute atomic E-state index is 15.2. The number of rotatable bonds is 14. The number of hydrogen-bond acceptors (Lipinski definition) is 9. The minimum Gasteiger partial charge on any atom is -0.496 e. The van der Waals surface area contributed by atoms with Crippen LogP contribution in [0, 0.1) is 6.92 Å². The van der Waals surface area contributed by atoms with Crippen LogP contribution in [0.1, 0.15) is 88.2 Å². The molecule has 0 bridgehead atoms. The number of ether oxygens (including phenoxy) is 5. The van der Waals surface area contributed by atoms with E-state index in [2.05, 4.69) is 33.9 Å². The normalized spacial score (nSPS) is 20.0. The third-order valence-electron chi connectivity index (χ3n) is 11.2. The SMILES string of the molecule is COc1c(C)c(OC)c(OCc2ccccc2)c2c1C[C@H]1C(O)N(C(=O)OC(C)(C)C)[C@@H](CCCO[Si](C)(C)C(C)(C)C)C(=O)N1[C@H]2COCc1ccccc1. The Morgan fingerprint density at radius 2 is 1.45 bits per heavy atom. The molecule has 0 saturated carbocycles. The van der Waals surface area contributed by atoms with E-state index >= 15 is 4.79 Å². The number of benzene rings is 3. The quantitative estimate of drug-likeness (QED) is 0.127. The standard InChI is InChI=1S/C44H62N2O9Si/c1-29-37(50-8)32-25-34-41(48)46(42(49)55-43(2,3)4)33(23-18-24-54-56(10,11)44(5,6)7)40(47)45(34)35(28-52-26-30-19-14-12-15-20-30)36(32)39(38(29)51-9)53-27-31-21-16-13-17-22-31/h12-17,19-22,33-35,41,48H,18,23-28H2,1-11H3/t33-,34-,35-,41?/m0/s1. The minimum atomic E-state index is -2.08. The molecule has 2 heterocycles. The molecule has 1 fully saturated rings. The Bertz CT molecular complexity index is 1810. The third kappa shape index (κ3) is 9.36.